The molecule has 0 unspecified atom stereocenters. The molecule has 1 heterocycles. The molecule has 0 aliphatic rings. The summed E-state index contributed by atoms with van der Waals surface area (Å²) in [6.07, 6.45) is 1.40. The molecule has 1 aromatic heterocycles. The van der Waals surface area contributed by atoms with E-state index in [0.717, 1.165) is 26.2 Å². The van der Waals surface area contributed by atoms with E-state index in [2.05, 4.69) is 34.0 Å². The molecule has 90 valence electrons. The number of rotatable bonds is 6. The second kappa shape index (κ2) is 6.50. The van der Waals surface area contributed by atoms with Crippen LogP contribution in [0.1, 0.15) is 13.8 Å². The van der Waals surface area contributed by atoms with E-state index in [4.69, 9.17) is 17.3 Å². The van der Waals surface area contributed by atoms with E-state index >= 15 is 0 Å². The van der Waals surface area contributed by atoms with Crippen LogP contribution in [-0.4, -0.2) is 41.0 Å². The van der Waals surface area contributed by atoms with Crippen LogP contribution in [0.4, 0.5) is 11.6 Å². The minimum Gasteiger partial charge on any atom is -0.382 e. The van der Waals surface area contributed by atoms with Gasteiger partial charge < -0.3 is 16.0 Å². The van der Waals surface area contributed by atoms with Crippen LogP contribution in [0.3, 0.4) is 0 Å². The second-order valence-corrected chi connectivity index (χ2v) is 3.75. The van der Waals surface area contributed by atoms with Crippen molar-refractivity contribution in [2.75, 3.05) is 37.2 Å². The Morgan fingerprint density at radius 1 is 1.38 bits per heavy atom. The molecule has 0 atom stereocenters. The number of aromatic nitrogens is 2. The summed E-state index contributed by atoms with van der Waals surface area (Å²) in [4.78, 5) is 10.1. The smallest absolute Gasteiger partial charge is 0.150 e. The molecule has 0 saturated heterocycles. The van der Waals surface area contributed by atoms with Crippen LogP contribution >= 0.6 is 11.6 Å². The van der Waals surface area contributed by atoms with Gasteiger partial charge in [0.15, 0.2) is 0 Å². The lowest BCUT2D eigenvalue weighted by Crippen LogP contribution is -2.28. The third kappa shape index (κ3) is 3.50. The fourth-order valence-electron chi connectivity index (χ4n) is 1.38. The monoisotopic (exact) mass is 243 g/mol. The molecule has 1 rings (SSSR count). The molecule has 0 bridgehead atoms. The standard InChI is InChI=1S/C10H18ClN5/c1-3-16(4-2)6-5-13-10-8(11)9(12)14-7-15-10/h7H,3-6H2,1-2H3,(H3,12,13,14,15). The average Bonchev–Trinajstić information content (AvgIpc) is 2.30. The summed E-state index contributed by atoms with van der Waals surface area (Å²) in [6, 6.07) is 0. The minimum absolute atomic E-state index is 0.307. The molecular weight excluding hydrogens is 226 g/mol. The topological polar surface area (TPSA) is 67.1 Å². The van der Waals surface area contributed by atoms with Crippen LogP contribution in [-0.2, 0) is 0 Å². The van der Waals surface area contributed by atoms with E-state index in [1.54, 1.807) is 0 Å². The van der Waals surface area contributed by atoms with Crippen LogP contribution in [0.25, 0.3) is 0 Å². The lowest BCUT2D eigenvalue weighted by Gasteiger charge is -2.18. The third-order valence-corrected chi connectivity index (χ3v) is 2.80. The zero-order valence-corrected chi connectivity index (χ0v) is 10.5. The lowest BCUT2D eigenvalue weighted by atomic mass is 10.4. The highest BCUT2D eigenvalue weighted by Gasteiger charge is 2.06. The molecule has 0 saturated carbocycles. The number of halogens is 1. The first-order valence-electron chi connectivity index (χ1n) is 5.41. The highest BCUT2D eigenvalue weighted by atomic mass is 35.5. The maximum atomic E-state index is 5.95. The molecule has 0 aromatic carbocycles. The first-order valence-corrected chi connectivity index (χ1v) is 5.79. The summed E-state index contributed by atoms with van der Waals surface area (Å²) in [5, 5.41) is 3.54. The van der Waals surface area contributed by atoms with Gasteiger partial charge in [0.1, 0.15) is 23.0 Å². The van der Waals surface area contributed by atoms with Crippen molar-refractivity contribution in [1.82, 2.24) is 14.9 Å². The Morgan fingerprint density at radius 3 is 2.69 bits per heavy atom. The summed E-state index contributed by atoms with van der Waals surface area (Å²) < 4.78 is 0. The van der Waals surface area contributed by atoms with Crippen LogP contribution in [0.2, 0.25) is 5.02 Å². The fraction of sp³-hybridized carbons (Fsp3) is 0.600. The van der Waals surface area contributed by atoms with Gasteiger partial charge in [-0.1, -0.05) is 25.4 Å². The van der Waals surface area contributed by atoms with Gasteiger partial charge in [-0.25, -0.2) is 9.97 Å². The van der Waals surface area contributed by atoms with Gasteiger partial charge in [-0.2, -0.15) is 0 Å². The van der Waals surface area contributed by atoms with Gasteiger partial charge in [0, 0.05) is 13.1 Å². The Hall–Kier alpha value is -1.07. The molecular formula is C10H18ClN5. The van der Waals surface area contributed by atoms with Crippen molar-refractivity contribution in [2.45, 2.75) is 13.8 Å². The van der Waals surface area contributed by atoms with Crippen LogP contribution in [0, 0.1) is 0 Å². The molecule has 0 aliphatic heterocycles. The zero-order chi connectivity index (χ0) is 12.0. The van der Waals surface area contributed by atoms with Gasteiger partial charge in [-0.3, -0.25) is 0 Å². The van der Waals surface area contributed by atoms with E-state index < -0.39 is 0 Å². The normalized spacial score (nSPS) is 10.8. The van der Waals surface area contributed by atoms with Crippen molar-refractivity contribution in [3.63, 3.8) is 0 Å². The van der Waals surface area contributed by atoms with Gasteiger partial charge in [0.05, 0.1) is 0 Å². The Kier molecular flexibility index (Phi) is 5.28. The summed E-state index contributed by atoms with van der Waals surface area (Å²) in [5.41, 5.74) is 5.57. The zero-order valence-electron chi connectivity index (χ0n) is 9.70. The summed E-state index contributed by atoms with van der Waals surface area (Å²) >= 11 is 5.95. The molecule has 0 amide bonds. The molecule has 0 aliphatic carbocycles. The molecule has 5 nitrogen and oxygen atoms in total. The van der Waals surface area contributed by atoms with Crippen LogP contribution in [0.15, 0.2) is 6.33 Å². The Morgan fingerprint density at radius 2 is 2.06 bits per heavy atom. The third-order valence-electron chi connectivity index (χ3n) is 2.43. The summed E-state index contributed by atoms with van der Waals surface area (Å²) in [6.45, 7) is 8.10. The molecule has 6 heteroatoms. The predicted octanol–water partition coefficient (Wildman–Crippen LogP) is 1.47. The van der Waals surface area contributed by atoms with E-state index in [-0.39, 0.29) is 0 Å². The van der Waals surface area contributed by atoms with Crippen molar-refractivity contribution in [3.05, 3.63) is 11.3 Å². The molecule has 0 fully saturated rings. The average molecular weight is 244 g/mol. The number of likely N-dealkylation sites (N-methyl/N-ethyl adjacent to an activating group) is 1. The second-order valence-electron chi connectivity index (χ2n) is 3.38. The Balaban J connectivity index is 2.46. The van der Waals surface area contributed by atoms with Crippen molar-refractivity contribution >= 4 is 23.2 Å². The number of nitrogens with one attached hydrogen (secondary N) is 1. The van der Waals surface area contributed by atoms with Crippen molar-refractivity contribution in [3.8, 4) is 0 Å². The highest BCUT2D eigenvalue weighted by Crippen LogP contribution is 2.22. The largest absolute Gasteiger partial charge is 0.382 e. The van der Waals surface area contributed by atoms with Gasteiger partial charge >= 0.3 is 0 Å². The lowest BCUT2D eigenvalue weighted by molar-refractivity contribution is 0.316. The number of nitrogens with two attached hydrogens (primary N) is 1. The summed E-state index contributed by atoms with van der Waals surface area (Å²) in [5.74, 6) is 0.906. The van der Waals surface area contributed by atoms with E-state index in [1.807, 2.05) is 0 Å². The van der Waals surface area contributed by atoms with Crippen molar-refractivity contribution in [1.29, 1.82) is 0 Å². The molecule has 0 radical (unpaired) electrons. The molecule has 16 heavy (non-hydrogen) atoms. The number of nitrogens with zero attached hydrogens (tertiary/aromatic N) is 3. The van der Waals surface area contributed by atoms with Gasteiger partial charge in [-0.15, -0.1) is 0 Å². The molecule has 3 N–H and O–H groups in total. The van der Waals surface area contributed by atoms with Gasteiger partial charge in [0.2, 0.25) is 0 Å². The maximum absolute atomic E-state index is 5.95. The van der Waals surface area contributed by atoms with Gasteiger partial charge in [-0.05, 0) is 13.1 Å². The van der Waals surface area contributed by atoms with Crippen LogP contribution < -0.4 is 11.1 Å². The quantitative estimate of drug-likeness (QED) is 0.792. The Labute approximate surface area is 101 Å². The SMILES string of the molecule is CCN(CC)CCNc1ncnc(N)c1Cl. The van der Waals surface area contributed by atoms with Crippen molar-refractivity contribution < 1.29 is 0 Å². The summed E-state index contributed by atoms with van der Waals surface area (Å²) in [7, 11) is 0. The van der Waals surface area contributed by atoms with Crippen molar-refractivity contribution in [2.24, 2.45) is 0 Å². The van der Waals surface area contributed by atoms with Gasteiger partial charge in [0.25, 0.3) is 0 Å². The maximum Gasteiger partial charge on any atom is 0.150 e. The number of anilines is 2. The minimum atomic E-state index is 0.307. The number of hydrogen-bond acceptors (Lipinski definition) is 5. The Bertz CT molecular complexity index is 327. The predicted molar refractivity (Wildman–Crippen MR) is 67.7 cm³/mol. The van der Waals surface area contributed by atoms with Crippen LogP contribution in [0.5, 0.6) is 0 Å². The highest BCUT2D eigenvalue weighted by molar-refractivity contribution is 6.35. The molecule has 1 aromatic rings. The first kappa shape index (κ1) is 13.0. The first-order chi connectivity index (χ1) is 7.69. The van der Waals surface area contributed by atoms with E-state index in [0.29, 0.717) is 16.7 Å². The molecule has 0 spiro atoms. The number of hydrogen-bond donors (Lipinski definition) is 2. The fourth-order valence-corrected chi connectivity index (χ4v) is 1.54. The van der Waals surface area contributed by atoms with E-state index in [9.17, 15) is 0 Å². The number of nitrogen functional groups attached to an aromatic ring is 1. The van der Waals surface area contributed by atoms with E-state index in [1.165, 1.54) is 6.33 Å².